The Kier molecular flexibility index (Phi) is 4.86. The van der Waals surface area contributed by atoms with E-state index in [0.29, 0.717) is 11.3 Å². The van der Waals surface area contributed by atoms with Gasteiger partial charge < -0.3 is 0 Å². The number of nitrogens with zero attached hydrogens (tertiary/aromatic N) is 4. The second kappa shape index (κ2) is 8.52. The van der Waals surface area contributed by atoms with Gasteiger partial charge in [-0.25, -0.2) is 4.85 Å². The largest absolute Gasteiger partial charge is 0.276 e. The van der Waals surface area contributed by atoms with Crippen molar-refractivity contribution in [1.82, 2.24) is 9.97 Å². The van der Waals surface area contributed by atoms with Crippen LogP contribution in [-0.2, 0) is 0 Å². The summed E-state index contributed by atoms with van der Waals surface area (Å²) in [5, 5.41) is 18.6. The molecule has 0 bridgehead atoms. The molecule has 2 aromatic heterocycles. The predicted molar refractivity (Wildman–Crippen MR) is 154 cm³/mol. The fourth-order valence-electron chi connectivity index (χ4n) is 5.71. The molecule has 5 aromatic carbocycles. The maximum absolute atomic E-state index is 9.67. The Balaban J connectivity index is 1.85. The van der Waals surface area contributed by atoms with E-state index < -0.39 is 0 Å². The van der Waals surface area contributed by atoms with Gasteiger partial charge in [-0.1, -0.05) is 72.8 Å². The van der Waals surface area contributed by atoms with E-state index in [1.807, 2.05) is 36.7 Å². The summed E-state index contributed by atoms with van der Waals surface area (Å²) in [6.45, 7) is 7.60. The topological polar surface area (TPSA) is 53.9 Å². The average molecular weight is 483 g/mol. The number of hydrogen-bond donors (Lipinski definition) is 0. The highest BCUT2D eigenvalue weighted by molar-refractivity contribution is 6.36. The van der Waals surface area contributed by atoms with E-state index in [4.69, 9.17) is 6.57 Å². The Hall–Kier alpha value is -5.58. The molecule has 0 saturated carbocycles. The van der Waals surface area contributed by atoms with Crippen LogP contribution >= 0.6 is 0 Å². The summed E-state index contributed by atoms with van der Waals surface area (Å²) in [4.78, 5) is 12.5. The van der Waals surface area contributed by atoms with Gasteiger partial charge >= 0.3 is 0 Å². The molecule has 0 radical (unpaired) electrons. The fourth-order valence-corrected chi connectivity index (χ4v) is 5.71. The Morgan fingerprint density at radius 1 is 0.579 bits per heavy atom. The van der Waals surface area contributed by atoms with Crippen LogP contribution in [0, 0.1) is 17.9 Å². The molecule has 0 unspecified atom stereocenters. The van der Waals surface area contributed by atoms with Gasteiger partial charge in [-0.15, -0.1) is 0 Å². The fraction of sp³-hybridized carbons (Fsp3) is 0. The minimum atomic E-state index is 0.500. The Labute approximate surface area is 218 Å². The molecule has 0 N–H and O–H groups in total. The van der Waals surface area contributed by atoms with E-state index in [9.17, 15) is 5.26 Å². The van der Waals surface area contributed by atoms with Crippen LogP contribution in [0.1, 0.15) is 5.56 Å². The third-order valence-electron chi connectivity index (χ3n) is 7.20. The van der Waals surface area contributed by atoms with Gasteiger partial charge in [0, 0.05) is 30.4 Å². The van der Waals surface area contributed by atoms with Crippen LogP contribution in [-0.4, -0.2) is 9.97 Å². The lowest BCUT2D eigenvalue weighted by molar-refractivity contribution is 1.31. The van der Waals surface area contributed by atoms with Crippen molar-refractivity contribution in [2.45, 2.75) is 0 Å². The van der Waals surface area contributed by atoms with Crippen molar-refractivity contribution in [3.05, 3.63) is 127 Å². The van der Waals surface area contributed by atoms with Crippen molar-refractivity contribution < 1.29 is 0 Å². The average Bonchev–Trinajstić information content (AvgIpc) is 3.00. The lowest BCUT2D eigenvalue weighted by atomic mass is 9.82. The van der Waals surface area contributed by atoms with Crippen molar-refractivity contribution in [3.8, 4) is 28.3 Å². The molecule has 174 valence electrons. The van der Waals surface area contributed by atoms with Crippen molar-refractivity contribution >= 4 is 48.8 Å². The van der Waals surface area contributed by atoms with Gasteiger partial charge in [0.15, 0.2) is 0 Å². The zero-order valence-electron chi connectivity index (χ0n) is 20.2. The molecule has 4 nitrogen and oxygen atoms in total. The number of aromatic nitrogens is 2. The standard InChI is InChI=1S/C34H18N4/c1-36-24-15-23(19-38-20-24)32-30-13-7-6-12-29(30)31(22-14-21(16-35)17-37-18-22)33-27-10-4-2-8-25(27)26-9-3-5-11-28(26)34(32)33/h2-15,17-20H. The van der Waals surface area contributed by atoms with Crippen LogP contribution in [0.3, 0.4) is 0 Å². The highest BCUT2D eigenvalue weighted by atomic mass is 14.7. The minimum Gasteiger partial charge on any atom is -0.276 e. The molecule has 0 saturated heterocycles. The number of benzene rings is 5. The maximum Gasteiger partial charge on any atom is 0.205 e. The van der Waals surface area contributed by atoms with E-state index in [-0.39, 0.29) is 0 Å². The van der Waals surface area contributed by atoms with Crippen LogP contribution in [0.25, 0.3) is 70.2 Å². The molecule has 0 fully saturated rings. The van der Waals surface area contributed by atoms with Crippen molar-refractivity contribution in [2.75, 3.05) is 0 Å². The minimum absolute atomic E-state index is 0.500. The maximum atomic E-state index is 9.67. The zero-order valence-corrected chi connectivity index (χ0v) is 20.2. The van der Waals surface area contributed by atoms with E-state index >= 15 is 0 Å². The van der Waals surface area contributed by atoms with Crippen molar-refractivity contribution in [1.29, 1.82) is 5.26 Å². The quantitative estimate of drug-likeness (QED) is 0.140. The van der Waals surface area contributed by atoms with Gasteiger partial charge in [0.2, 0.25) is 5.69 Å². The third-order valence-corrected chi connectivity index (χ3v) is 7.20. The van der Waals surface area contributed by atoms with Gasteiger partial charge in [0.1, 0.15) is 6.07 Å². The summed E-state index contributed by atoms with van der Waals surface area (Å²) in [6, 6.07) is 31.4. The van der Waals surface area contributed by atoms with Gasteiger partial charge in [-0.3, -0.25) is 9.97 Å². The highest BCUT2D eigenvalue weighted by Gasteiger charge is 2.22. The number of hydrogen-bond acceptors (Lipinski definition) is 3. The van der Waals surface area contributed by atoms with Crippen LogP contribution in [0.2, 0.25) is 0 Å². The normalized spacial score (nSPS) is 11.1. The molecular formula is C34H18N4. The molecule has 0 atom stereocenters. The molecule has 0 aliphatic rings. The van der Waals surface area contributed by atoms with Crippen LogP contribution in [0.4, 0.5) is 5.69 Å². The summed E-state index contributed by atoms with van der Waals surface area (Å²) in [7, 11) is 0. The van der Waals surface area contributed by atoms with Gasteiger partial charge in [0.05, 0.1) is 12.1 Å². The monoisotopic (exact) mass is 482 g/mol. The Morgan fingerprint density at radius 2 is 1.05 bits per heavy atom. The molecule has 0 aliphatic carbocycles. The van der Waals surface area contributed by atoms with E-state index in [1.165, 1.54) is 0 Å². The lowest BCUT2D eigenvalue weighted by Gasteiger charge is -2.21. The van der Waals surface area contributed by atoms with Crippen LogP contribution < -0.4 is 0 Å². The molecule has 4 heteroatoms. The summed E-state index contributed by atoms with van der Waals surface area (Å²) < 4.78 is 0. The molecule has 2 heterocycles. The molecular weight excluding hydrogens is 464 g/mol. The Bertz CT molecular complexity index is 2010. The van der Waals surface area contributed by atoms with E-state index in [1.54, 1.807) is 12.4 Å². The van der Waals surface area contributed by atoms with Gasteiger partial charge in [-0.05, 0) is 71.9 Å². The third kappa shape index (κ3) is 3.15. The lowest BCUT2D eigenvalue weighted by Crippen LogP contribution is -1.94. The predicted octanol–water partition coefficient (Wildman–Crippen LogP) is 8.85. The first-order valence-corrected chi connectivity index (χ1v) is 12.2. The smallest absolute Gasteiger partial charge is 0.205 e. The SMILES string of the molecule is [C-]#[N+]c1cncc(-c2c3ccccc3c(-c3cncc(C#N)c3)c3c4ccccc4c4ccccc4c23)c1. The summed E-state index contributed by atoms with van der Waals surface area (Å²) >= 11 is 0. The molecule has 0 amide bonds. The number of nitriles is 1. The van der Waals surface area contributed by atoms with Crippen molar-refractivity contribution in [3.63, 3.8) is 0 Å². The second-order valence-corrected chi connectivity index (χ2v) is 9.25. The molecule has 7 aromatic rings. The van der Waals surface area contributed by atoms with Crippen LogP contribution in [0.15, 0.2) is 110 Å². The molecule has 38 heavy (non-hydrogen) atoms. The van der Waals surface area contributed by atoms with Crippen LogP contribution in [0.5, 0.6) is 0 Å². The second-order valence-electron chi connectivity index (χ2n) is 9.25. The molecule has 0 aliphatic heterocycles. The summed E-state index contributed by atoms with van der Waals surface area (Å²) in [5.74, 6) is 0. The van der Waals surface area contributed by atoms with Gasteiger partial charge in [-0.2, -0.15) is 5.26 Å². The number of rotatable bonds is 2. The van der Waals surface area contributed by atoms with E-state index in [2.05, 4.69) is 81.5 Å². The first-order chi connectivity index (χ1) is 18.8. The number of pyridine rings is 2. The first-order valence-electron chi connectivity index (χ1n) is 12.2. The summed E-state index contributed by atoms with van der Waals surface area (Å²) in [5.41, 5.74) is 4.90. The zero-order chi connectivity index (χ0) is 25.6. The van der Waals surface area contributed by atoms with Crippen molar-refractivity contribution in [2.24, 2.45) is 0 Å². The summed E-state index contributed by atoms with van der Waals surface area (Å²) in [6.07, 6.45) is 6.88. The molecule has 0 spiro atoms. The Morgan fingerprint density at radius 3 is 1.58 bits per heavy atom. The first kappa shape index (κ1) is 21.7. The molecule has 7 rings (SSSR count). The highest BCUT2D eigenvalue weighted by Crippen LogP contribution is 2.49. The number of fused-ring (bicyclic) bond motifs is 7. The van der Waals surface area contributed by atoms with E-state index in [0.717, 1.165) is 65.3 Å². The van der Waals surface area contributed by atoms with Gasteiger partial charge in [0.25, 0.3) is 0 Å².